The average molecular weight is 261 g/mol. The Labute approximate surface area is 114 Å². The van der Waals surface area contributed by atoms with Gasteiger partial charge in [0.2, 0.25) is 0 Å². The normalized spacial score (nSPS) is 13.1. The fourth-order valence-corrected chi connectivity index (χ4v) is 2.32. The monoisotopic (exact) mass is 261 g/mol. The van der Waals surface area contributed by atoms with Gasteiger partial charge in [-0.25, -0.2) is 0 Å². The van der Waals surface area contributed by atoms with Crippen molar-refractivity contribution >= 4 is 0 Å². The molecule has 2 aromatic rings. The first-order valence-electron chi connectivity index (χ1n) is 6.94. The molecule has 0 aliphatic heterocycles. The largest absolute Gasteiger partial charge is 0.460 e. The van der Waals surface area contributed by atoms with Gasteiger partial charge in [0.1, 0.15) is 11.5 Å². The minimum absolute atomic E-state index is 0.529. The van der Waals surface area contributed by atoms with Crippen molar-refractivity contribution in [3.8, 4) is 11.5 Å². The molecule has 2 rings (SSSR count). The van der Waals surface area contributed by atoms with Crippen molar-refractivity contribution in [2.45, 2.75) is 46.7 Å². The van der Waals surface area contributed by atoms with Crippen molar-refractivity contribution in [1.29, 1.82) is 0 Å². The molecule has 0 bridgehead atoms. The van der Waals surface area contributed by atoms with E-state index in [4.69, 9.17) is 4.42 Å². The maximum atomic E-state index is 5.65. The Kier molecular flexibility index (Phi) is 4.43. The van der Waals surface area contributed by atoms with Crippen molar-refractivity contribution in [3.05, 3.63) is 29.7 Å². The number of nitrogens with one attached hydrogen (secondary N) is 2. The van der Waals surface area contributed by atoms with Crippen LogP contribution in [-0.2, 0) is 6.54 Å². The summed E-state index contributed by atoms with van der Waals surface area (Å²) in [6, 6.07) is 4.48. The average Bonchev–Trinajstić information content (AvgIpc) is 2.98. The zero-order valence-corrected chi connectivity index (χ0v) is 12.2. The second kappa shape index (κ2) is 6.06. The lowest BCUT2D eigenvalue weighted by Gasteiger charge is -2.20. The summed E-state index contributed by atoms with van der Waals surface area (Å²) >= 11 is 0. The number of aromatic amines is 1. The molecule has 1 unspecified atom stereocenters. The highest BCUT2D eigenvalue weighted by atomic mass is 16.3. The van der Waals surface area contributed by atoms with Gasteiger partial charge in [0, 0.05) is 18.2 Å². The first-order chi connectivity index (χ1) is 9.11. The Bertz CT molecular complexity index is 513. The lowest BCUT2D eigenvalue weighted by atomic mass is 10.0. The summed E-state index contributed by atoms with van der Waals surface area (Å²) in [5, 5.41) is 10.7. The van der Waals surface area contributed by atoms with Crippen molar-refractivity contribution in [2.75, 3.05) is 0 Å². The third-order valence-corrected chi connectivity index (χ3v) is 3.50. The van der Waals surface area contributed by atoms with E-state index in [1.165, 1.54) is 0 Å². The van der Waals surface area contributed by atoms with E-state index in [-0.39, 0.29) is 0 Å². The molecule has 0 aliphatic carbocycles. The molecule has 0 aromatic carbocycles. The zero-order valence-electron chi connectivity index (χ0n) is 12.2. The van der Waals surface area contributed by atoms with Gasteiger partial charge < -0.3 is 9.73 Å². The van der Waals surface area contributed by atoms with Crippen LogP contribution in [0.25, 0.3) is 11.5 Å². The number of aryl methyl sites for hydroxylation is 1. The number of H-pyrrole nitrogens is 1. The third-order valence-electron chi connectivity index (χ3n) is 3.50. The molecular weight excluding hydrogens is 238 g/mol. The molecule has 2 heterocycles. The van der Waals surface area contributed by atoms with Crippen LogP contribution >= 0.6 is 0 Å². The molecule has 19 heavy (non-hydrogen) atoms. The molecule has 0 amide bonds. The Morgan fingerprint density at radius 1 is 1.37 bits per heavy atom. The first-order valence-corrected chi connectivity index (χ1v) is 6.94. The predicted octanol–water partition coefficient (Wildman–Crippen LogP) is 3.50. The quantitative estimate of drug-likeness (QED) is 0.836. The maximum Gasteiger partial charge on any atom is 0.152 e. The van der Waals surface area contributed by atoms with Gasteiger partial charge in [-0.15, -0.1) is 0 Å². The van der Waals surface area contributed by atoms with Gasteiger partial charge in [-0.1, -0.05) is 20.8 Å². The summed E-state index contributed by atoms with van der Waals surface area (Å²) in [5.41, 5.74) is 2.12. The maximum absolute atomic E-state index is 5.65. The molecule has 4 heteroatoms. The molecule has 2 aromatic heterocycles. The van der Waals surface area contributed by atoms with Crippen LogP contribution < -0.4 is 5.32 Å². The Morgan fingerprint density at radius 3 is 2.74 bits per heavy atom. The Morgan fingerprint density at radius 2 is 2.16 bits per heavy atom. The van der Waals surface area contributed by atoms with Crippen LogP contribution in [0.2, 0.25) is 0 Å². The van der Waals surface area contributed by atoms with Crippen molar-refractivity contribution in [2.24, 2.45) is 5.92 Å². The van der Waals surface area contributed by atoms with E-state index in [1.807, 2.05) is 25.3 Å². The second-order valence-electron chi connectivity index (χ2n) is 5.32. The zero-order chi connectivity index (χ0) is 13.8. The van der Waals surface area contributed by atoms with Crippen LogP contribution in [0.5, 0.6) is 0 Å². The van der Waals surface area contributed by atoms with Gasteiger partial charge in [-0.2, -0.15) is 5.10 Å². The smallest absolute Gasteiger partial charge is 0.152 e. The minimum atomic E-state index is 0.529. The van der Waals surface area contributed by atoms with Crippen molar-refractivity contribution in [3.63, 3.8) is 0 Å². The van der Waals surface area contributed by atoms with Gasteiger partial charge in [0.15, 0.2) is 5.76 Å². The SMILES string of the molecule is CCC(NCc1cn[nH]c1-c1ccc(C)o1)C(C)C. The van der Waals surface area contributed by atoms with E-state index < -0.39 is 0 Å². The van der Waals surface area contributed by atoms with Crippen molar-refractivity contribution < 1.29 is 4.42 Å². The van der Waals surface area contributed by atoms with E-state index >= 15 is 0 Å². The van der Waals surface area contributed by atoms with Crippen LogP contribution in [0.3, 0.4) is 0 Å². The van der Waals surface area contributed by atoms with E-state index in [0.717, 1.165) is 35.7 Å². The van der Waals surface area contributed by atoms with Crippen LogP contribution in [0.15, 0.2) is 22.7 Å². The number of aromatic nitrogens is 2. The molecule has 1 atom stereocenters. The summed E-state index contributed by atoms with van der Waals surface area (Å²) in [6.45, 7) is 9.45. The summed E-state index contributed by atoms with van der Waals surface area (Å²) in [5.74, 6) is 2.40. The van der Waals surface area contributed by atoms with Crippen LogP contribution in [0.1, 0.15) is 38.5 Å². The lowest BCUT2D eigenvalue weighted by molar-refractivity contribution is 0.387. The third kappa shape index (κ3) is 3.26. The molecule has 0 radical (unpaired) electrons. The standard InChI is InChI=1S/C15H23N3O/c1-5-13(10(2)3)16-8-12-9-17-18-15(12)14-7-6-11(4)19-14/h6-7,9-10,13,16H,5,8H2,1-4H3,(H,17,18). The predicted molar refractivity (Wildman–Crippen MR) is 76.8 cm³/mol. The number of hydrogen-bond acceptors (Lipinski definition) is 3. The van der Waals surface area contributed by atoms with E-state index in [2.05, 4.69) is 36.3 Å². The topological polar surface area (TPSA) is 53.9 Å². The summed E-state index contributed by atoms with van der Waals surface area (Å²) in [7, 11) is 0. The van der Waals surface area contributed by atoms with E-state index in [9.17, 15) is 0 Å². The highest BCUT2D eigenvalue weighted by Gasteiger charge is 2.14. The fourth-order valence-electron chi connectivity index (χ4n) is 2.32. The molecule has 4 nitrogen and oxygen atoms in total. The van der Waals surface area contributed by atoms with E-state index in [0.29, 0.717) is 12.0 Å². The molecule has 0 saturated heterocycles. The van der Waals surface area contributed by atoms with Crippen molar-refractivity contribution in [1.82, 2.24) is 15.5 Å². The highest BCUT2D eigenvalue weighted by Crippen LogP contribution is 2.23. The molecule has 0 fully saturated rings. The van der Waals surface area contributed by atoms with Gasteiger partial charge in [-0.3, -0.25) is 5.10 Å². The molecular formula is C15H23N3O. The Balaban J connectivity index is 2.08. The van der Waals surface area contributed by atoms with Gasteiger partial charge in [-0.05, 0) is 31.4 Å². The molecule has 2 N–H and O–H groups in total. The second-order valence-corrected chi connectivity index (χ2v) is 5.32. The first kappa shape index (κ1) is 13.9. The molecule has 0 spiro atoms. The molecule has 104 valence electrons. The fraction of sp³-hybridized carbons (Fsp3) is 0.533. The summed E-state index contributed by atoms with van der Waals surface area (Å²) in [6.07, 6.45) is 3.00. The van der Waals surface area contributed by atoms with Gasteiger partial charge >= 0.3 is 0 Å². The minimum Gasteiger partial charge on any atom is -0.460 e. The number of rotatable bonds is 6. The van der Waals surface area contributed by atoms with Crippen LogP contribution in [-0.4, -0.2) is 16.2 Å². The number of hydrogen-bond donors (Lipinski definition) is 2. The lowest BCUT2D eigenvalue weighted by Crippen LogP contribution is -2.32. The summed E-state index contributed by atoms with van der Waals surface area (Å²) < 4.78 is 5.65. The molecule has 0 aliphatic rings. The number of furan rings is 1. The molecule has 0 saturated carbocycles. The van der Waals surface area contributed by atoms with E-state index in [1.54, 1.807) is 0 Å². The highest BCUT2D eigenvalue weighted by molar-refractivity contribution is 5.56. The van der Waals surface area contributed by atoms with Crippen LogP contribution in [0, 0.1) is 12.8 Å². The van der Waals surface area contributed by atoms with Gasteiger partial charge in [0.05, 0.1) is 6.20 Å². The van der Waals surface area contributed by atoms with Gasteiger partial charge in [0.25, 0.3) is 0 Å². The van der Waals surface area contributed by atoms with Crippen LogP contribution in [0.4, 0.5) is 0 Å². The Hall–Kier alpha value is -1.55. The summed E-state index contributed by atoms with van der Waals surface area (Å²) in [4.78, 5) is 0. The number of nitrogens with zero attached hydrogens (tertiary/aromatic N) is 1.